The van der Waals surface area contributed by atoms with Crippen molar-refractivity contribution in [3.8, 4) is 11.3 Å². The van der Waals surface area contributed by atoms with Crippen LogP contribution in [0.15, 0.2) is 42.7 Å². The predicted molar refractivity (Wildman–Crippen MR) is 103 cm³/mol. The Morgan fingerprint density at radius 3 is 2.65 bits per heavy atom. The molecule has 0 spiro atoms. The number of piperazine rings is 1. The van der Waals surface area contributed by atoms with Gasteiger partial charge in [-0.15, -0.1) is 0 Å². The molecule has 4 rings (SSSR count). The summed E-state index contributed by atoms with van der Waals surface area (Å²) in [5, 5.41) is 10.2. The first kappa shape index (κ1) is 16.7. The number of pyridine rings is 1. The molecule has 0 atom stereocenters. The minimum Gasteiger partial charge on any atom is -0.395 e. The number of aromatic nitrogens is 3. The molecular weight excluding hydrogens is 328 g/mol. The van der Waals surface area contributed by atoms with Gasteiger partial charge in [0.2, 0.25) is 0 Å². The van der Waals surface area contributed by atoms with E-state index >= 15 is 0 Å². The van der Waals surface area contributed by atoms with Gasteiger partial charge in [-0.1, -0.05) is 24.3 Å². The molecule has 2 aromatic heterocycles. The lowest BCUT2D eigenvalue weighted by Crippen LogP contribution is -2.47. The third-order valence-electron chi connectivity index (χ3n) is 4.78. The summed E-state index contributed by atoms with van der Waals surface area (Å²) in [6, 6.07) is 10.0. The smallest absolute Gasteiger partial charge is 0.172 e. The quantitative estimate of drug-likeness (QED) is 0.734. The van der Waals surface area contributed by atoms with Crippen LogP contribution in [0.2, 0.25) is 0 Å². The summed E-state index contributed by atoms with van der Waals surface area (Å²) in [7, 11) is 0. The first-order valence-corrected chi connectivity index (χ1v) is 8.81. The van der Waals surface area contributed by atoms with E-state index in [9.17, 15) is 0 Å². The molecule has 0 saturated carbocycles. The van der Waals surface area contributed by atoms with Gasteiger partial charge in [-0.2, -0.15) is 0 Å². The molecule has 0 aliphatic carbocycles. The summed E-state index contributed by atoms with van der Waals surface area (Å²) >= 11 is 0. The summed E-state index contributed by atoms with van der Waals surface area (Å²) < 4.78 is 0. The van der Waals surface area contributed by atoms with E-state index in [1.54, 1.807) is 12.4 Å². The molecule has 7 nitrogen and oxygen atoms in total. The summed E-state index contributed by atoms with van der Waals surface area (Å²) in [6.07, 6.45) is 3.50. The molecule has 0 amide bonds. The fraction of sp³-hybridized carbons (Fsp3) is 0.316. The van der Waals surface area contributed by atoms with Gasteiger partial charge in [-0.3, -0.25) is 9.88 Å². The van der Waals surface area contributed by atoms with Gasteiger partial charge < -0.3 is 15.7 Å². The molecule has 1 fully saturated rings. The van der Waals surface area contributed by atoms with Crippen LogP contribution >= 0.6 is 0 Å². The van der Waals surface area contributed by atoms with Gasteiger partial charge in [0.05, 0.1) is 24.0 Å². The molecule has 0 radical (unpaired) electrons. The summed E-state index contributed by atoms with van der Waals surface area (Å²) in [4.78, 5) is 18.1. The zero-order valence-electron chi connectivity index (χ0n) is 14.5. The minimum atomic E-state index is 0.186. The number of aliphatic hydroxyl groups is 1. The van der Waals surface area contributed by atoms with Crippen LogP contribution < -0.4 is 10.6 Å². The molecule has 0 bridgehead atoms. The Kier molecular flexibility index (Phi) is 4.64. The van der Waals surface area contributed by atoms with Gasteiger partial charge >= 0.3 is 0 Å². The number of rotatable bonds is 4. The molecule has 3 heterocycles. The lowest BCUT2D eigenvalue weighted by molar-refractivity contribution is 0.188. The molecule has 1 saturated heterocycles. The summed E-state index contributed by atoms with van der Waals surface area (Å²) in [6.45, 7) is 4.28. The summed E-state index contributed by atoms with van der Waals surface area (Å²) in [5.41, 5.74) is 8.76. The molecule has 0 unspecified atom stereocenters. The van der Waals surface area contributed by atoms with Crippen LogP contribution in [0, 0.1) is 0 Å². The van der Waals surface area contributed by atoms with Crippen molar-refractivity contribution in [2.45, 2.75) is 0 Å². The zero-order valence-corrected chi connectivity index (χ0v) is 14.5. The highest BCUT2D eigenvalue weighted by atomic mass is 16.3. The van der Waals surface area contributed by atoms with E-state index in [1.807, 2.05) is 30.3 Å². The number of nitrogen functional groups attached to an aromatic ring is 1. The highest BCUT2D eigenvalue weighted by molar-refractivity contribution is 5.92. The molecule has 1 aliphatic rings. The van der Waals surface area contributed by atoms with Crippen LogP contribution in [0.4, 0.5) is 11.6 Å². The molecule has 1 aromatic carbocycles. The van der Waals surface area contributed by atoms with Crippen molar-refractivity contribution in [2.24, 2.45) is 0 Å². The topological polar surface area (TPSA) is 91.4 Å². The highest BCUT2D eigenvalue weighted by Gasteiger charge is 2.21. The Bertz CT molecular complexity index is 902. The van der Waals surface area contributed by atoms with Crippen molar-refractivity contribution >= 4 is 22.5 Å². The largest absolute Gasteiger partial charge is 0.395 e. The van der Waals surface area contributed by atoms with E-state index in [4.69, 9.17) is 15.8 Å². The van der Waals surface area contributed by atoms with Crippen molar-refractivity contribution in [1.82, 2.24) is 19.9 Å². The fourth-order valence-electron chi connectivity index (χ4n) is 3.39. The van der Waals surface area contributed by atoms with Gasteiger partial charge in [0.25, 0.3) is 0 Å². The number of hydrogen-bond donors (Lipinski definition) is 2. The van der Waals surface area contributed by atoms with Gasteiger partial charge in [0, 0.05) is 49.9 Å². The maximum atomic E-state index is 9.09. The molecule has 134 valence electrons. The highest BCUT2D eigenvalue weighted by Crippen LogP contribution is 2.28. The normalized spacial score (nSPS) is 15.5. The van der Waals surface area contributed by atoms with E-state index in [-0.39, 0.29) is 6.61 Å². The molecular formula is C19H22N6O. The molecule has 7 heteroatoms. The van der Waals surface area contributed by atoms with Crippen molar-refractivity contribution in [1.29, 1.82) is 0 Å². The van der Waals surface area contributed by atoms with E-state index in [2.05, 4.69) is 19.8 Å². The number of β-amino-alcohol motifs (C(OH)–C–C–N with tert-alkyl or cyclic N) is 1. The summed E-state index contributed by atoms with van der Waals surface area (Å²) in [5.74, 6) is 1.16. The van der Waals surface area contributed by atoms with Crippen molar-refractivity contribution in [2.75, 3.05) is 50.0 Å². The molecule has 26 heavy (non-hydrogen) atoms. The zero-order chi connectivity index (χ0) is 17.9. The lowest BCUT2D eigenvalue weighted by atomic mass is 10.1. The van der Waals surface area contributed by atoms with Crippen LogP contribution in [0.5, 0.6) is 0 Å². The monoisotopic (exact) mass is 350 g/mol. The SMILES string of the molecule is Nc1ncc(-c2cccc3cccnc23)nc1N1CCN(CCO)CC1. The second kappa shape index (κ2) is 7.23. The Morgan fingerprint density at radius 1 is 1.04 bits per heavy atom. The van der Waals surface area contributed by atoms with Crippen molar-refractivity contribution in [3.05, 3.63) is 42.7 Å². The standard InChI is InChI=1S/C19H22N6O/c20-18-19(25-9-7-24(8-10-25)11-12-26)23-16(13-22-18)15-5-1-3-14-4-2-6-21-17(14)15/h1-6,13,26H,7-12H2,(H2,20,22). The Balaban J connectivity index is 1.67. The third kappa shape index (κ3) is 3.18. The van der Waals surface area contributed by atoms with E-state index in [0.717, 1.165) is 54.2 Å². The number of nitrogens with zero attached hydrogens (tertiary/aromatic N) is 5. The molecule has 1 aliphatic heterocycles. The third-order valence-corrected chi connectivity index (χ3v) is 4.78. The number of anilines is 2. The van der Waals surface area contributed by atoms with E-state index in [1.165, 1.54) is 0 Å². The second-order valence-electron chi connectivity index (χ2n) is 6.40. The van der Waals surface area contributed by atoms with Crippen LogP contribution in [0.3, 0.4) is 0 Å². The van der Waals surface area contributed by atoms with E-state index in [0.29, 0.717) is 12.4 Å². The predicted octanol–water partition coefficient (Wildman–Crippen LogP) is 1.39. The van der Waals surface area contributed by atoms with E-state index < -0.39 is 0 Å². The number of benzene rings is 1. The van der Waals surface area contributed by atoms with Crippen LogP contribution in [-0.4, -0.2) is 64.3 Å². The Morgan fingerprint density at radius 2 is 1.85 bits per heavy atom. The number of nitrogens with two attached hydrogens (primary N) is 1. The Labute approximate surface area is 152 Å². The average Bonchev–Trinajstić information content (AvgIpc) is 2.69. The number of fused-ring (bicyclic) bond motifs is 1. The van der Waals surface area contributed by atoms with Crippen LogP contribution in [0.1, 0.15) is 0 Å². The van der Waals surface area contributed by atoms with Gasteiger partial charge in [-0.25, -0.2) is 9.97 Å². The first-order chi connectivity index (χ1) is 12.8. The fourth-order valence-corrected chi connectivity index (χ4v) is 3.39. The number of aliphatic hydroxyl groups excluding tert-OH is 1. The number of hydrogen-bond acceptors (Lipinski definition) is 7. The van der Waals surface area contributed by atoms with Crippen molar-refractivity contribution < 1.29 is 5.11 Å². The lowest BCUT2D eigenvalue weighted by Gasteiger charge is -2.35. The first-order valence-electron chi connectivity index (χ1n) is 8.81. The van der Waals surface area contributed by atoms with Crippen molar-refractivity contribution in [3.63, 3.8) is 0 Å². The molecule has 3 N–H and O–H groups in total. The van der Waals surface area contributed by atoms with Crippen LogP contribution in [-0.2, 0) is 0 Å². The Hall–Kier alpha value is -2.77. The van der Waals surface area contributed by atoms with Crippen LogP contribution in [0.25, 0.3) is 22.2 Å². The second-order valence-corrected chi connectivity index (χ2v) is 6.40. The minimum absolute atomic E-state index is 0.186. The number of para-hydroxylation sites is 1. The van der Waals surface area contributed by atoms with Gasteiger partial charge in [0.15, 0.2) is 11.6 Å². The maximum absolute atomic E-state index is 9.09. The molecule has 3 aromatic rings. The van der Waals surface area contributed by atoms with Gasteiger partial charge in [-0.05, 0) is 6.07 Å². The maximum Gasteiger partial charge on any atom is 0.172 e. The average molecular weight is 350 g/mol. The van der Waals surface area contributed by atoms with Gasteiger partial charge in [0.1, 0.15) is 0 Å².